The Morgan fingerprint density at radius 2 is 1.95 bits per heavy atom. The van der Waals surface area contributed by atoms with Gasteiger partial charge in [0.05, 0.1) is 5.69 Å². The summed E-state index contributed by atoms with van der Waals surface area (Å²) in [5.41, 5.74) is 5.95. The number of hydrogen-bond donors (Lipinski definition) is 2. The Morgan fingerprint density at radius 1 is 1.20 bits per heavy atom. The van der Waals surface area contributed by atoms with Crippen LogP contribution in [0.2, 0.25) is 0 Å². The van der Waals surface area contributed by atoms with Gasteiger partial charge in [-0.1, -0.05) is 12.1 Å². The van der Waals surface area contributed by atoms with Crippen molar-refractivity contribution in [2.45, 2.75) is 6.61 Å². The van der Waals surface area contributed by atoms with Crippen LogP contribution < -0.4 is 10.5 Å². The largest absolute Gasteiger partial charge is 0.487 e. The van der Waals surface area contributed by atoms with Crippen molar-refractivity contribution < 1.29 is 19.4 Å². The van der Waals surface area contributed by atoms with E-state index in [2.05, 4.69) is 4.98 Å². The van der Waals surface area contributed by atoms with Gasteiger partial charge in [-0.05, 0) is 30.3 Å². The summed E-state index contributed by atoms with van der Waals surface area (Å²) in [4.78, 5) is 25.8. The van der Waals surface area contributed by atoms with E-state index in [9.17, 15) is 9.59 Å². The molecule has 0 saturated carbocycles. The lowest BCUT2D eigenvalue weighted by molar-refractivity contribution is 0.0689. The third-order valence-corrected chi connectivity index (χ3v) is 2.53. The van der Waals surface area contributed by atoms with E-state index in [-0.39, 0.29) is 12.3 Å². The third-order valence-electron chi connectivity index (χ3n) is 2.53. The first-order valence-corrected chi connectivity index (χ1v) is 5.78. The second-order valence-corrected chi connectivity index (χ2v) is 4.00. The van der Waals surface area contributed by atoms with Crippen LogP contribution in [0, 0.1) is 0 Å². The predicted octanol–water partition coefficient (Wildman–Crippen LogP) is 1.46. The summed E-state index contributed by atoms with van der Waals surface area (Å²) in [7, 11) is 0. The highest BCUT2D eigenvalue weighted by Gasteiger charge is 2.06. The summed E-state index contributed by atoms with van der Waals surface area (Å²) in [5, 5.41) is 8.84. The van der Waals surface area contributed by atoms with Crippen LogP contribution in [0.25, 0.3) is 0 Å². The van der Waals surface area contributed by atoms with E-state index < -0.39 is 11.9 Å². The van der Waals surface area contributed by atoms with Crippen molar-refractivity contribution >= 4 is 11.9 Å². The van der Waals surface area contributed by atoms with Gasteiger partial charge in [-0.25, -0.2) is 9.78 Å². The van der Waals surface area contributed by atoms with Gasteiger partial charge >= 0.3 is 5.97 Å². The highest BCUT2D eigenvalue weighted by atomic mass is 16.5. The zero-order valence-corrected chi connectivity index (χ0v) is 10.4. The molecule has 20 heavy (non-hydrogen) atoms. The minimum atomic E-state index is -1.09. The van der Waals surface area contributed by atoms with Crippen LogP contribution >= 0.6 is 0 Å². The Morgan fingerprint density at radius 3 is 2.65 bits per heavy atom. The van der Waals surface area contributed by atoms with Gasteiger partial charge in [0, 0.05) is 5.56 Å². The zero-order valence-electron chi connectivity index (χ0n) is 10.4. The fourth-order valence-corrected chi connectivity index (χ4v) is 1.58. The molecule has 0 unspecified atom stereocenters. The summed E-state index contributed by atoms with van der Waals surface area (Å²) in [6.45, 7) is 0.101. The van der Waals surface area contributed by atoms with Crippen molar-refractivity contribution in [3.05, 3.63) is 59.4 Å². The molecule has 6 heteroatoms. The average Bonchev–Trinajstić information content (AvgIpc) is 2.45. The first-order chi connectivity index (χ1) is 9.56. The van der Waals surface area contributed by atoms with Crippen molar-refractivity contribution in [3.8, 4) is 5.75 Å². The van der Waals surface area contributed by atoms with Gasteiger partial charge in [0.25, 0.3) is 0 Å². The maximum atomic E-state index is 11.0. The second kappa shape index (κ2) is 5.83. The number of benzene rings is 1. The van der Waals surface area contributed by atoms with Crippen LogP contribution in [-0.2, 0) is 6.61 Å². The maximum Gasteiger partial charge on any atom is 0.354 e. The molecule has 1 aromatic carbocycles. The quantitative estimate of drug-likeness (QED) is 0.857. The van der Waals surface area contributed by atoms with E-state index in [1.807, 2.05) is 0 Å². The van der Waals surface area contributed by atoms with Crippen LogP contribution in [-0.4, -0.2) is 22.0 Å². The lowest BCUT2D eigenvalue weighted by Gasteiger charge is -2.07. The van der Waals surface area contributed by atoms with Crippen molar-refractivity contribution in [2.75, 3.05) is 0 Å². The topological polar surface area (TPSA) is 103 Å². The van der Waals surface area contributed by atoms with Crippen LogP contribution in [0.5, 0.6) is 5.75 Å². The number of carboxylic acid groups (broad SMARTS) is 1. The van der Waals surface area contributed by atoms with E-state index >= 15 is 0 Å². The predicted molar refractivity (Wildman–Crippen MR) is 70.5 cm³/mol. The highest BCUT2D eigenvalue weighted by molar-refractivity contribution is 5.93. The maximum absolute atomic E-state index is 11.0. The van der Waals surface area contributed by atoms with Gasteiger partial charge in [-0.2, -0.15) is 0 Å². The molecule has 3 N–H and O–H groups in total. The molecule has 0 spiro atoms. The molecule has 1 heterocycles. The van der Waals surface area contributed by atoms with Gasteiger partial charge in [-0.15, -0.1) is 0 Å². The normalized spacial score (nSPS) is 10.0. The Labute approximate surface area is 114 Å². The van der Waals surface area contributed by atoms with Crippen molar-refractivity contribution in [1.29, 1.82) is 0 Å². The van der Waals surface area contributed by atoms with E-state index in [0.717, 1.165) is 0 Å². The molecule has 0 radical (unpaired) electrons. The molecular weight excluding hydrogens is 260 g/mol. The van der Waals surface area contributed by atoms with Crippen molar-refractivity contribution in [3.63, 3.8) is 0 Å². The van der Waals surface area contributed by atoms with E-state index in [1.165, 1.54) is 12.1 Å². The second-order valence-electron chi connectivity index (χ2n) is 4.00. The molecule has 1 amide bonds. The fraction of sp³-hybridized carbons (Fsp3) is 0.0714. The molecule has 2 rings (SSSR count). The Balaban J connectivity index is 2.08. The number of ether oxygens (including phenoxy) is 1. The highest BCUT2D eigenvalue weighted by Crippen LogP contribution is 2.14. The number of primary amides is 1. The molecular formula is C14H12N2O4. The van der Waals surface area contributed by atoms with Gasteiger partial charge < -0.3 is 15.6 Å². The number of carbonyl (C=O) groups excluding carboxylic acids is 1. The molecule has 6 nitrogen and oxygen atoms in total. The number of amides is 1. The molecule has 0 saturated heterocycles. The first kappa shape index (κ1) is 13.5. The average molecular weight is 272 g/mol. The summed E-state index contributed by atoms with van der Waals surface area (Å²) < 4.78 is 5.45. The lowest BCUT2D eigenvalue weighted by Crippen LogP contribution is -2.11. The summed E-state index contributed by atoms with van der Waals surface area (Å²) in [6.07, 6.45) is 0. The smallest absolute Gasteiger partial charge is 0.354 e. The Kier molecular flexibility index (Phi) is 3.95. The summed E-state index contributed by atoms with van der Waals surface area (Å²) in [5.74, 6) is -1.17. The van der Waals surface area contributed by atoms with E-state index in [0.29, 0.717) is 17.0 Å². The fourth-order valence-electron chi connectivity index (χ4n) is 1.58. The molecule has 0 fully saturated rings. The number of rotatable bonds is 5. The van der Waals surface area contributed by atoms with Crippen LogP contribution in [0.15, 0.2) is 42.5 Å². The molecule has 0 aliphatic rings. The van der Waals surface area contributed by atoms with Crippen LogP contribution in [0.1, 0.15) is 26.5 Å². The minimum Gasteiger partial charge on any atom is -0.487 e. The molecule has 2 aromatic rings. The Bertz CT molecular complexity index is 598. The monoisotopic (exact) mass is 272 g/mol. The molecule has 1 aromatic heterocycles. The lowest BCUT2D eigenvalue weighted by atomic mass is 10.2. The molecule has 102 valence electrons. The number of nitrogens with zero attached hydrogens (tertiary/aromatic N) is 1. The number of carbonyl (C=O) groups is 2. The van der Waals surface area contributed by atoms with Crippen molar-refractivity contribution in [2.24, 2.45) is 5.73 Å². The SMILES string of the molecule is NC(=O)c1cccc(OCc2cccc(C(=O)O)n2)c1. The number of nitrogens with two attached hydrogens (primary N) is 1. The van der Waals surface area contributed by atoms with Crippen molar-refractivity contribution in [1.82, 2.24) is 4.98 Å². The minimum absolute atomic E-state index is 0.0445. The van der Waals surface area contributed by atoms with E-state index in [4.69, 9.17) is 15.6 Å². The van der Waals surface area contributed by atoms with Gasteiger partial charge in [-0.3, -0.25) is 4.79 Å². The molecule has 0 bridgehead atoms. The molecule has 0 atom stereocenters. The van der Waals surface area contributed by atoms with E-state index in [1.54, 1.807) is 30.3 Å². The first-order valence-electron chi connectivity index (χ1n) is 5.78. The molecule has 0 aliphatic carbocycles. The third kappa shape index (κ3) is 3.32. The van der Waals surface area contributed by atoms with Crippen LogP contribution in [0.3, 0.4) is 0 Å². The number of aromatic nitrogens is 1. The number of carboxylic acids is 1. The number of hydrogen-bond acceptors (Lipinski definition) is 4. The molecule has 0 aliphatic heterocycles. The number of pyridine rings is 1. The summed E-state index contributed by atoms with van der Waals surface area (Å²) in [6, 6.07) is 11.1. The van der Waals surface area contributed by atoms with Gasteiger partial charge in [0.15, 0.2) is 0 Å². The van der Waals surface area contributed by atoms with Crippen LogP contribution in [0.4, 0.5) is 0 Å². The van der Waals surface area contributed by atoms with Gasteiger partial charge in [0.1, 0.15) is 18.1 Å². The Hall–Kier alpha value is -2.89. The number of aromatic carboxylic acids is 1. The zero-order chi connectivity index (χ0) is 14.5. The summed E-state index contributed by atoms with van der Waals surface area (Å²) >= 11 is 0. The standard InChI is InChI=1S/C14H12N2O4/c15-13(17)9-3-1-5-11(7-9)20-8-10-4-2-6-12(16-10)14(18)19/h1-7H,8H2,(H2,15,17)(H,18,19). The van der Waals surface area contributed by atoms with Gasteiger partial charge in [0.2, 0.25) is 5.91 Å².